The first-order valence-electron chi connectivity index (χ1n) is 11.5. The van der Waals surface area contributed by atoms with Crippen molar-refractivity contribution in [2.45, 2.75) is 31.1 Å². The Hall–Kier alpha value is -4.88. The van der Waals surface area contributed by atoms with E-state index in [0.717, 1.165) is 24.3 Å². The van der Waals surface area contributed by atoms with Gasteiger partial charge in [-0.3, -0.25) is 4.79 Å². The summed E-state index contributed by atoms with van der Waals surface area (Å²) in [6.07, 6.45) is -14.8. The molecule has 1 amide bonds. The molecular formula is C27H19F6NO7. The highest BCUT2D eigenvalue weighted by molar-refractivity contribution is 5.97. The van der Waals surface area contributed by atoms with Gasteiger partial charge in [-0.2, -0.15) is 26.3 Å². The molecule has 216 valence electrons. The van der Waals surface area contributed by atoms with Gasteiger partial charge in [-0.05, 0) is 42.0 Å². The maximum Gasteiger partial charge on any atom is 0.416 e. The van der Waals surface area contributed by atoms with E-state index >= 15 is 0 Å². The number of aliphatic carboxylic acids is 1. The van der Waals surface area contributed by atoms with E-state index in [1.807, 2.05) is 0 Å². The highest BCUT2D eigenvalue weighted by atomic mass is 19.4. The summed E-state index contributed by atoms with van der Waals surface area (Å²) in [4.78, 5) is 50.4. The molecule has 0 aliphatic heterocycles. The number of amides is 1. The minimum Gasteiger partial charge on any atom is -0.478 e. The Balaban J connectivity index is 1.92. The molecule has 0 aliphatic carbocycles. The number of carbonyl (C=O) groups is 4. The van der Waals surface area contributed by atoms with E-state index in [4.69, 9.17) is 9.47 Å². The molecule has 0 spiro atoms. The lowest BCUT2D eigenvalue weighted by Gasteiger charge is -2.24. The first-order valence-corrected chi connectivity index (χ1v) is 11.5. The number of nitrogens with one attached hydrogen (secondary N) is 1. The van der Waals surface area contributed by atoms with E-state index in [0.29, 0.717) is 29.8 Å². The topological polar surface area (TPSA) is 119 Å². The molecule has 3 rings (SSSR count). The quantitative estimate of drug-likeness (QED) is 0.272. The van der Waals surface area contributed by atoms with Crippen LogP contribution in [0.1, 0.15) is 37.4 Å². The molecule has 0 saturated heterocycles. The van der Waals surface area contributed by atoms with Crippen LogP contribution in [-0.2, 0) is 38.0 Å². The summed E-state index contributed by atoms with van der Waals surface area (Å²) in [5, 5.41) is 12.0. The number of esters is 2. The lowest BCUT2D eigenvalue weighted by atomic mass is 10.1. The molecular weight excluding hydrogens is 564 g/mol. The molecule has 14 heteroatoms. The van der Waals surface area contributed by atoms with Crippen molar-refractivity contribution in [1.82, 2.24) is 5.32 Å². The molecule has 0 heterocycles. The van der Waals surface area contributed by atoms with Gasteiger partial charge in [0.1, 0.15) is 0 Å². The van der Waals surface area contributed by atoms with Crippen LogP contribution < -0.4 is 5.32 Å². The van der Waals surface area contributed by atoms with Gasteiger partial charge in [-0.15, -0.1) is 0 Å². The van der Waals surface area contributed by atoms with Crippen LogP contribution in [0.2, 0.25) is 0 Å². The summed E-state index contributed by atoms with van der Waals surface area (Å²) in [6.45, 7) is -0.231. The lowest BCUT2D eigenvalue weighted by Crippen LogP contribution is -2.50. The highest BCUT2D eigenvalue weighted by Gasteiger charge is 2.41. The summed E-state index contributed by atoms with van der Waals surface area (Å²) in [5.41, 5.74) is -3.45. The summed E-state index contributed by atoms with van der Waals surface area (Å²) in [6, 6.07) is 13.6. The third kappa shape index (κ3) is 8.30. The highest BCUT2D eigenvalue weighted by Crippen LogP contribution is 2.31. The van der Waals surface area contributed by atoms with Crippen LogP contribution in [0.3, 0.4) is 0 Å². The third-order valence-electron chi connectivity index (χ3n) is 5.41. The molecule has 8 nitrogen and oxygen atoms in total. The summed E-state index contributed by atoms with van der Waals surface area (Å²) >= 11 is 0. The molecule has 0 aromatic heterocycles. The smallest absolute Gasteiger partial charge is 0.416 e. The number of hydrogen-bond acceptors (Lipinski definition) is 6. The largest absolute Gasteiger partial charge is 0.478 e. The zero-order chi connectivity index (χ0) is 30.4. The second-order valence-electron chi connectivity index (χ2n) is 8.35. The molecule has 2 N–H and O–H groups in total. The normalized spacial score (nSPS) is 13.0. The van der Waals surface area contributed by atoms with Gasteiger partial charge >= 0.3 is 30.3 Å². The van der Waals surface area contributed by atoms with Gasteiger partial charge in [0.2, 0.25) is 12.2 Å². The van der Waals surface area contributed by atoms with Crippen LogP contribution >= 0.6 is 0 Å². The second-order valence-corrected chi connectivity index (χ2v) is 8.35. The summed E-state index contributed by atoms with van der Waals surface area (Å²) in [7, 11) is 0. The molecule has 41 heavy (non-hydrogen) atoms. The van der Waals surface area contributed by atoms with Crippen LogP contribution in [0.15, 0.2) is 78.9 Å². The molecule has 3 aromatic rings. The van der Waals surface area contributed by atoms with E-state index in [2.05, 4.69) is 5.32 Å². The molecule has 0 radical (unpaired) electrons. The number of carboxylic acid groups (broad SMARTS) is 1. The number of carboxylic acids is 1. The lowest BCUT2D eigenvalue weighted by molar-refractivity contribution is -0.159. The van der Waals surface area contributed by atoms with Crippen LogP contribution in [0.5, 0.6) is 0 Å². The average molecular weight is 583 g/mol. The molecule has 0 bridgehead atoms. The van der Waals surface area contributed by atoms with Crippen LogP contribution in [0.4, 0.5) is 26.3 Å². The Bertz CT molecular complexity index is 1420. The number of ether oxygens (including phenoxy) is 2. The number of halogens is 6. The fraction of sp³-hybridized carbons (Fsp3) is 0.185. The first kappa shape index (κ1) is 30.7. The monoisotopic (exact) mass is 583 g/mol. The Morgan fingerprint density at radius 3 is 1.59 bits per heavy atom. The van der Waals surface area contributed by atoms with Crippen LogP contribution in [0, 0.1) is 0 Å². The van der Waals surface area contributed by atoms with Crippen molar-refractivity contribution in [1.29, 1.82) is 0 Å². The van der Waals surface area contributed by atoms with Gasteiger partial charge in [0.05, 0.1) is 22.3 Å². The fourth-order valence-corrected chi connectivity index (χ4v) is 3.39. The zero-order valence-electron chi connectivity index (χ0n) is 20.5. The first-order chi connectivity index (χ1) is 19.2. The van der Waals surface area contributed by atoms with E-state index in [1.54, 1.807) is 30.3 Å². The Morgan fingerprint density at radius 2 is 1.15 bits per heavy atom. The van der Waals surface area contributed by atoms with E-state index in [9.17, 15) is 50.6 Å². The summed E-state index contributed by atoms with van der Waals surface area (Å²) < 4.78 is 88.2. The minimum absolute atomic E-state index is 0.231. The molecule has 3 aromatic carbocycles. The molecule has 0 aliphatic rings. The number of carbonyl (C=O) groups excluding carboxylic acids is 3. The van der Waals surface area contributed by atoms with Crippen LogP contribution in [-0.4, -0.2) is 41.1 Å². The Morgan fingerprint density at radius 1 is 0.683 bits per heavy atom. The van der Waals surface area contributed by atoms with Gasteiger partial charge in [0, 0.05) is 6.54 Å². The van der Waals surface area contributed by atoms with E-state index < -0.39 is 70.6 Å². The maximum atomic E-state index is 13.1. The molecule has 2 atom stereocenters. The van der Waals surface area contributed by atoms with Gasteiger partial charge in [-0.25, -0.2) is 14.4 Å². The SMILES string of the molecule is O=C(O[C@H](C(=O)NCc1ccccc1)[C@@H](OC(=O)c1cccc(C(F)(F)F)c1)C(=O)O)c1cccc(C(F)(F)F)c1. The number of benzene rings is 3. The standard InChI is InChI=1S/C27H19F6NO7/c28-26(29,30)18-10-4-8-16(12-18)24(38)40-20(22(35)34-14-15-6-2-1-3-7-15)21(23(36)37)41-25(39)17-9-5-11-19(13-17)27(31,32)33/h1-13,20-21H,14H2,(H,34,35)(H,36,37)/t20-,21+/m0/s1. The van der Waals surface area contributed by atoms with Crippen molar-refractivity contribution in [3.05, 3.63) is 107 Å². The molecule has 0 saturated carbocycles. The van der Waals surface area contributed by atoms with Crippen molar-refractivity contribution in [3.8, 4) is 0 Å². The number of alkyl halides is 6. The third-order valence-corrected chi connectivity index (χ3v) is 5.41. The van der Waals surface area contributed by atoms with Gasteiger partial charge in [-0.1, -0.05) is 42.5 Å². The van der Waals surface area contributed by atoms with Crippen molar-refractivity contribution in [2.24, 2.45) is 0 Å². The molecule has 0 fully saturated rings. The zero-order valence-corrected chi connectivity index (χ0v) is 20.5. The van der Waals surface area contributed by atoms with Gasteiger partial charge in [0.15, 0.2) is 0 Å². The average Bonchev–Trinajstić information content (AvgIpc) is 2.93. The second kappa shape index (κ2) is 12.5. The van der Waals surface area contributed by atoms with Crippen molar-refractivity contribution in [2.75, 3.05) is 0 Å². The van der Waals surface area contributed by atoms with E-state index in [1.165, 1.54) is 0 Å². The fourth-order valence-electron chi connectivity index (χ4n) is 3.39. The molecule has 0 unspecified atom stereocenters. The predicted octanol–water partition coefficient (Wildman–Crippen LogP) is 4.88. The van der Waals surface area contributed by atoms with Crippen LogP contribution in [0.25, 0.3) is 0 Å². The number of hydrogen-bond donors (Lipinski definition) is 2. The van der Waals surface area contributed by atoms with Gasteiger partial charge < -0.3 is 19.9 Å². The predicted molar refractivity (Wildman–Crippen MR) is 127 cm³/mol. The summed E-state index contributed by atoms with van der Waals surface area (Å²) in [5.74, 6) is -6.54. The maximum absolute atomic E-state index is 13.1. The minimum atomic E-state index is -4.86. The van der Waals surface area contributed by atoms with Crippen molar-refractivity contribution in [3.63, 3.8) is 0 Å². The van der Waals surface area contributed by atoms with E-state index in [-0.39, 0.29) is 6.54 Å². The Kier molecular flexibility index (Phi) is 9.37. The van der Waals surface area contributed by atoms with Crippen molar-refractivity contribution >= 4 is 23.8 Å². The van der Waals surface area contributed by atoms with Crippen molar-refractivity contribution < 1.29 is 60.1 Å². The number of rotatable bonds is 9. The Labute approximate surface area is 227 Å². The van der Waals surface area contributed by atoms with Gasteiger partial charge in [0.25, 0.3) is 5.91 Å².